The Labute approximate surface area is 312 Å². The van der Waals surface area contributed by atoms with Gasteiger partial charge in [-0.2, -0.15) is 0 Å². The largest absolute Gasteiger partial charge is 0.496 e. The fourth-order valence-electron chi connectivity index (χ4n) is 7.47. The minimum Gasteiger partial charge on any atom is -0.496 e. The van der Waals surface area contributed by atoms with Gasteiger partial charge < -0.3 is 24.9 Å². The summed E-state index contributed by atoms with van der Waals surface area (Å²) in [6.45, 7) is 6.17. The average molecular weight is 757 g/mol. The second kappa shape index (κ2) is 13.4. The highest BCUT2D eigenvalue weighted by molar-refractivity contribution is 7.23. The fourth-order valence-corrected chi connectivity index (χ4v) is 8.80. The van der Waals surface area contributed by atoms with Gasteiger partial charge in [0.25, 0.3) is 11.8 Å². The van der Waals surface area contributed by atoms with Crippen LogP contribution in [-0.4, -0.2) is 45.7 Å². The number of ether oxygens (including phenoxy) is 2. The van der Waals surface area contributed by atoms with Crippen molar-refractivity contribution in [2.75, 3.05) is 19.0 Å². The lowest BCUT2D eigenvalue weighted by atomic mass is 9.88. The molecule has 0 radical (unpaired) electrons. The van der Waals surface area contributed by atoms with Gasteiger partial charge in [0.15, 0.2) is 0 Å². The van der Waals surface area contributed by atoms with Crippen LogP contribution in [0.4, 0.5) is 14.6 Å². The third-order valence-electron chi connectivity index (χ3n) is 9.73. The summed E-state index contributed by atoms with van der Waals surface area (Å²) in [4.78, 5) is 23.9. The van der Waals surface area contributed by atoms with Crippen molar-refractivity contribution < 1.29 is 27.5 Å². The number of rotatable bonds is 10. The number of nitrogens with two attached hydrogens (primary N) is 1. The van der Waals surface area contributed by atoms with Crippen molar-refractivity contribution in [3.8, 4) is 33.4 Å². The van der Waals surface area contributed by atoms with Crippen molar-refractivity contribution in [3.63, 3.8) is 0 Å². The Morgan fingerprint density at radius 1 is 1.13 bits per heavy atom. The number of alkyl halides is 2. The van der Waals surface area contributed by atoms with E-state index in [1.54, 1.807) is 43.5 Å². The van der Waals surface area contributed by atoms with Gasteiger partial charge in [0.05, 0.1) is 40.9 Å². The second-order valence-corrected chi connectivity index (χ2v) is 15.3. The number of aromatic nitrogens is 4. The predicted octanol–water partition coefficient (Wildman–Crippen LogP) is 8.74. The molecule has 0 fully saturated rings. The van der Waals surface area contributed by atoms with E-state index >= 15 is 8.78 Å². The first-order chi connectivity index (χ1) is 25.4. The lowest BCUT2D eigenvalue weighted by molar-refractivity contribution is -0.00734. The number of nitrogens with one attached hydrogen (secondary N) is 1. The summed E-state index contributed by atoms with van der Waals surface area (Å²) in [5.41, 5.74) is 10.5. The number of fused-ring (bicyclic) bond motifs is 3. The number of nitrogens with zero attached hydrogens (tertiary/aromatic N) is 4. The van der Waals surface area contributed by atoms with Crippen LogP contribution in [0.25, 0.3) is 32.0 Å². The van der Waals surface area contributed by atoms with Crippen LogP contribution in [0.15, 0.2) is 59.1 Å². The molecular weight excluding hydrogens is 722 g/mol. The molecule has 0 saturated heterocycles. The number of anilines is 1. The van der Waals surface area contributed by atoms with Crippen LogP contribution < -0.4 is 20.5 Å². The van der Waals surface area contributed by atoms with E-state index in [0.717, 1.165) is 10.9 Å². The molecule has 4 aromatic heterocycles. The molecule has 1 amide bonds. The summed E-state index contributed by atoms with van der Waals surface area (Å²) < 4.78 is 49.5. The number of carbonyl (C=O) groups excluding carboxylic acids is 1. The van der Waals surface area contributed by atoms with E-state index < -0.39 is 24.3 Å². The van der Waals surface area contributed by atoms with Crippen LogP contribution in [0, 0.1) is 12.8 Å². The zero-order chi connectivity index (χ0) is 37.2. The van der Waals surface area contributed by atoms with Crippen molar-refractivity contribution in [2.24, 2.45) is 11.7 Å². The van der Waals surface area contributed by atoms with E-state index in [4.69, 9.17) is 36.2 Å². The Balaban J connectivity index is 1.32. The molecule has 5 heterocycles. The molecule has 0 spiro atoms. The molecule has 2 atom stereocenters. The maximum absolute atomic E-state index is 15.7. The summed E-state index contributed by atoms with van der Waals surface area (Å²) in [6, 6.07) is 13.0. The molecule has 3 N–H and O–H groups in total. The summed E-state index contributed by atoms with van der Waals surface area (Å²) in [6.07, 6.45) is 1.99. The highest BCUT2D eigenvalue weighted by Crippen LogP contribution is 2.50. The Bertz CT molecular complexity index is 2410. The molecule has 8 rings (SSSR count). The van der Waals surface area contributed by atoms with Crippen LogP contribution in [0.3, 0.4) is 0 Å². The highest BCUT2D eigenvalue weighted by atomic mass is 35.5. The first-order valence-electron chi connectivity index (χ1n) is 17.2. The maximum atomic E-state index is 15.7. The zero-order valence-corrected chi connectivity index (χ0v) is 30.9. The van der Waals surface area contributed by atoms with E-state index in [9.17, 15) is 4.79 Å². The topological polar surface area (TPSA) is 138 Å². The number of benzene rings is 2. The number of methoxy groups -OCH3 is 1. The lowest BCUT2D eigenvalue weighted by Crippen LogP contribution is -2.28. The predicted molar refractivity (Wildman–Crippen MR) is 199 cm³/mol. The van der Waals surface area contributed by atoms with Gasteiger partial charge in [0, 0.05) is 58.5 Å². The van der Waals surface area contributed by atoms with E-state index in [1.807, 2.05) is 32.0 Å². The molecule has 2 aliphatic rings. The Hall–Kier alpha value is -5.14. The first-order valence-corrected chi connectivity index (χ1v) is 18.4. The Morgan fingerprint density at radius 2 is 1.96 bits per heavy atom. The monoisotopic (exact) mass is 756 g/mol. The van der Waals surface area contributed by atoms with Crippen LogP contribution in [0.1, 0.15) is 70.1 Å². The van der Waals surface area contributed by atoms with Gasteiger partial charge >= 0.3 is 0 Å². The van der Waals surface area contributed by atoms with Gasteiger partial charge in [-0.25, -0.2) is 13.8 Å². The molecule has 0 unspecified atom stereocenters. The average Bonchev–Trinajstić information content (AvgIpc) is 3.89. The standard InChI is InChI=1S/C39H35ClF2N6O4S/c1-18(2)12-26-31(36(43)49)33(32(38-48-47-19(3)52-38)27(45-26)13-21-17-51-29-15-22(40)8-9-23(21)29)30-14-20-10-11-44-37(34(20)53-30)46-35-24-6-5-7-28(50-4)25(24)16-39(35,41)42/h5-11,14-15,18,21,35H,12-13,16-17H2,1-4H3,(H2,43,49)(H,44,46)/t21-,35-/m1/s1. The van der Waals surface area contributed by atoms with Gasteiger partial charge in [0.1, 0.15) is 23.4 Å². The van der Waals surface area contributed by atoms with Gasteiger partial charge in [-0.05, 0) is 53.6 Å². The zero-order valence-electron chi connectivity index (χ0n) is 29.3. The van der Waals surface area contributed by atoms with Gasteiger partial charge in [-0.3, -0.25) is 9.78 Å². The van der Waals surface area contributed by atoms with E-state index in [-0.39, 0.29) is 29.1 Å². The third kappa shape index (κ3) is 6.25. The maximum Gasteiger partial charge on any atom is 0.276 e. The van der Waals surface area contributed by atoms with Crippen LogP contribution in [0.2, 0.25) is 5.02 Å². The molecular formula is C39H35ClF2N6O4S. The number of thiophene rings is 1. The summed E-state index contributed by atoms with van der Waals surface area (Å²) in [7, 11) is 1.47. The van der Waals surface area contributed by atoms with Crippen molar-refractivity contribution in [1.29, 1.82) is 0 Å². The quantitative estimate of drug-likeness (QED) is 0.141. The Kier molecular flexibility index (Phi) is 8.81. The number of hydrogen-bond donors (Lipinski definition) is 2. The number of pyridine rings is 2. The molecule has 53 heavy (non-hydrogen) atoms. The van der Waals surface area contributed by atoms with E-state index in [0.29, 0.717) is 85.1 Å². The Morgan fingerprint density at radius 3 is 2.70 bits per heavy atom. The summed E-state index contributed by atoms with van der Waals surface area (Å²) >= 11 is 7.58. The fraction of sp³-hybridized carbons (Fsp3) is 0.308. The number of carbonyl (C=O) groups is 1. The van der Waals surface area contributed by atoms with Crippen LogP contribution in [0.5, 0.6) is 11.5 Å². The van der Waals surface area contributed by atoms with Gasteiger partial charge in [-0.1, -0.05) is 43.6 Å². The van der Waals surface area contributed by atoms with Gasteiger partial charge in [0.2, 0.25) is 11.8 Å². The van der Waals surface area contributed by atoms with Gasteiger partial charge in [-0.15, -0.1) is 21.5 Å². The van der Waals surface area contributed by atoms with Crippen molar-refractivity contribution >= 4 is 44.7 Å². The van der Waals surface area contributed by atoms with Crippen molar-refractivity contribution in [1.82, 2.24) is 20.2 Å². The normalized spacial score (nSPS) is 17.2. The number of halogens is 3. The first kappa shape index (κ1) is 34.9. The van der Waals surface area contributed by atoms with Crippen molar-refractivity contribution in [3.05, 3.63) is 99.3 Å². The van der Waals surface area contributed by atoms with Crippen molar-refractivity contribution in [2.45, 2.75) is 57.9 Å². The van der Waals surface area contributed by atoms with E-state index in [1.165, 1.54) is 18.4 Å². The van der Waals surface area contributed by atoms with E-state index in [2.05, 4.69) is 20.5 Å². The molecule has 1 aliphatic carbocycles. The number of primary amides is 1. The SMILES string of the molecule is COc1cccc2c1CC(F)(F)[C@@H]2Nc1nccc2cc(-c3c(C(N)=O)c(CC(C)C)nc(C[C@@H]4COc5cc(Cl)ccc54)c3-c3nnc(C)o3)sc12. The van der Waals surface area contributed by atoms with Crippen LogP contribution >= 0.6 is 22.9 Å². The summed E-state index contributed by atoms with van der Waals surface area (Å²) in [5.74, 6) is -1.82. The molecule has 272 valence electrons. The number of amides is 1. The molecule has 14 heteroatoms. The third-order valence-corrected chi connectivity index (χ3v) is 11.1. The lowest BCUT2D eigenvalue weighted by Gasteiger charge is -2.22. The second-order valence-electron chi connectivity index (χ2n) is 13.8. The molecule has 0 bridgehead atoms. The molecule has 6 aromatic rings. The molecule has 10 nitrogen and oxygen atoms in total. The highest BCUT2D eigenvalue weighted by Gasteiger charge is 2.49. The van der Waals surface area contributed by atoms with Crippen LogP contribution in [-0.2, 0) is 19.3 Å². The molecule has 0 saturated carbocycles. The summed E-state index contributed by atoms with van der Waals surface area (Å²) in [5, 5.41) is 12.9. The number of hydrogen-bond acceptors (Lipinski definition) is 10. The smallest absolute Gasteiger partial charge is 0.276 e. The minimum absolute atomic E-state index is 0.0892. The molecule has 2 aromatic carbocycles. The number of aryl methyl sites for hydroxylation is 1. The molecule has 1 aliphatic heterocycles. The minimum atomic E-state index is -3.11.